The summed E-state index contributed by atoms with van der Waals surface area (Å²) in [5.74, 6) is 0.881. The van der Waals surface area contributed by atoms with Crippen molar-refractivity contribution >= 4 is 11.6 Å². The smallest absolute Gasteiger partial charge is 0.246 e. The van der Waals surface area contributed by atoms with Crippen LogP contribution in [-0.2, 0) is 4.79 Å². The number of nitrogens with one attached hydrogen (secondary N) is 2. The standard InChI is InChI=1S/C14H18N2O/c1-8-5-9(2)12-11(6-8)16-14(17)13(12)15-7-10-3-4-10/h5-6,10,13,15H,3-4,7H2,1-2H3,(H,16,17). The van der Waals surface area contributed by atoms with Crippen molar-refractivity contribution in [1.29, 1.82) is 0 Å². The minimum absolute atomic E-state index is 0.0920. The first-order valence-corrected chi connectivity index (χ1v) is 6.30. The van der Waals surface area contributed by atoms with Crippen LogP contribution < -0.4 is 10.6 Å². The molecule has 1 amide bonds. The van der Waals surface area contributed by atoms with Gasteiger partial charge in [0.25, 0.3) is 0 Å². The average molecular weight is 230 g/mol. The molecule has 1 aliphatic heterocycles. The summed E-state index contributed by atoms with van der Waals surface area (Å²) in [4.78, 5) is 12.0. The number of aryl methyl sites for hydroxylation is 2. The van der Waals surface area contributed by atoms with Crippen LogP contribution in [0.2, 0.25) is 0 Å². The lowest BCUT2D eigenvalue weighted by atomic mass is 10.00. The highest BCUT2D eigenvalue weighted by Gasteiger charge is 2.33. The Hall–Kier alpha value is -1.35. The van der Waals surface area contributed by atoms with E-state index in [0.717, 1.165) is 23.7 Å². The predicted molar refractivity (Wildman–Crippen MR) is 68.0 cm³/mol. The lowest BCUT2D eigenvalue weighted by Crippen LogP contribution is -2.29. The highest BCUT2D eigenvalue weighted by atomic mass is 16.2. The van der Waals surface area contributed by atoms with Gasteiger partial charge in [-0.25, -0.2) is 0 Å². The van der Waals surface area contributed by atoms with Gasteiger partial charge < -0.3 is 10.6 Å². The number of carbonyl (C=O) groups is 1. The van der Waals surface area contributed by atoms with E-state index in [9.17, 15) is 4.79 Å². The molecule has 0 radical (unpaired) electrons. The third-order valence-corrected chi connectivity index (χ3v) is 3.65. The molecule has 3 nitrogen and oxygen atoms in total. The summed E-state index contributed by atoms with van der Waals surface area (Å²) in [6.45, 7) is 5.10. The fraction of sp³-hybridized carbons (Fsp3) is 0.500. The third-order valence-electron chi connectivity index (χ3n) is 3.65. The molecule has 17 heavy (non-hydrogen) atoms. The Morgan fingerprint density at radius 1 is 1.35 bits per heavy atom. The van der Waals surface area contributed by atoms with E-state index in [4.69, 9.17) is 0 Å². The van der Waals surface area contributed by atoms with Crippen LogP contribution in [0.3, 0.4) is 0 Å². The van der Waals surface area contributed by atoms with E-state index in [1.807, 2.05) is 0 Å². The monoisotopic (exact) mass is 230 g/mol. The molecule has 90 valence electrons. The molecule has 1 fully saturated rings. The number of benzene rings is 1. The summed E-state index contributed by atoms with van der Waals surface area (Å²) >= 11 is 0. The van der Waals surface area contributed by atoms with Gasteiger partial charge in [0.05, 0.1) is 0 Å². The zero-order valence-electron chi connectivity index (χ0n) is 10.3. The van der Waals surface area contributed by atoms with E-state index in [1.165, 1.54) is 24.0 Å². The Bertz CT molecular complexity index is 477. The second kappa shape index (κ2) is 3.84. The minimum atomic E-state index is -0.147. The first-order chi connectivity index (χ1) is 8.15. The van der Waals surface area contributed by atoms with Gasteiger partial charge in [0.2, 0.25) is 5.91 Å². The molecule has 1 heterocycles. The maximum Gasteiger partial charge on any atom is 0.246 e. The summed E-state index contributed by atoms with van der Waals surface area (Å²) in [5.41, 5.74) is 4.53. The van der Waals surface area contributed by atoms with Gasteiger partial charge in [0.15, 0.2) is 0 Å². The molecular weight excluding hydrogens is 212 g/mol. The molecule has 0 saturated heterocycles. The SMILES string of the molecule is Cc1cc(C)c2c(c1)NC(=O)C2NCC1CC1. The van der Waals surface area contributed by atoms with E-state index >= 15 is 0 Å². The predicted octanol–water partition coefficient (Wildman–Crippen LogP) is 2.30. The molecule has 0 spiro atoms. The molecule has 1 aromatic rings. The Kier molecular flexibility index (Phi) is 2.44. The summed E-state index contributed by atoms with van der Waals surface area (Å²) < 4.78 is 0. The van der Waals surface area contributed by atoms with Crippen LogP contribution in [0, 0.1) is 19.8 Å². The molecule has 1 saturated carbocycles. The molecular formula is C14H18N2O. The minimum Gasteiger partial charge on any atom is -0.324 e. The first-order valence-electron chi connectivity index (χ1n) is 6.30. The zero-order chi connectivity index (χ0) is 12.0. The zero-order valence-corrected chi connectivity index (χ0v) is 10.3. The number of carbonyl (C=O) groups excluding carboxylic acids is 1. The summed E-state index contributed by atoms with van der Waals surface area (Å²) in [6.07, 6.45) is 2.61. The normalized spacial score (nSPS) is 22.5. The van der Waals surface area contributed by atoms with Gasteiger partial charge in [-0.1, -0.05) is 6.07 Å². The molecule has 1 aromatic carbocycles. The number of amides is 1. The average Bonchev–Trinajstić information content (AvgIpc) is 3.00. The van der Waals surface area contributed by atoms with Crippen LogP contribution in [0.25, 0.3) is 0 Å². The molecule has 3 rings (SSSR count). The van der Waals surface area contributed by atoms with Crippen LogP contribution in [0.15, 0.2) is 12.1 Å². The molecule has 2 N–H and O–H groups in total. The van der Waals surface area contributed by atoms with Gasteiger partial charge in [-0.2, -0.15) is 0 Å². The molecule has 1 unspecified atom stereocenters. The third kappa shape index (κ3) is 1.95. The van der Waals surface area contributed by atoms with Crippen molar-refractivity contribution < 1.29 is 4.79 Å². The van der Waals surface area contributed by atoms with Crippen molar-refractivity contribution in [2.45, 2.75) is 32.7 Å². The highest BCUT2D eigenvalue weighted by molar-refractivity contribution is 6.03. The fourth-order valence-electron chi connectivity index (χ4n) is 2.60. The van der Waals surface area contributed by atoms with Crippen molar-refractivity contribution in [2.75, 3.05) is 11.9 Å². The number of hydrogen-bond acceptors (Lipinski definition) is 2. The first kappa shape index (κ1) is 10.8. The van der Waals surface area contributed by atoms with Crippen molar-refractivity contribution in [1.82, 2.24) is 5.32 Å². The van der Waals surface area contributed by atoms with Crippen molar-refractivity contribution in [2.24, 2.45) is 5.92 Å². The second-order valence-electron chi connectivity index (χ2n) is 5.32. The Morgan fingerprint density at radius 2 is 2.12 bits per heavy atom. The van der Waals surface area contributed by atoms with E-state index in [0.29, 0.717) is 0 Å². The Balaban J connectivity index is 1.88. The molecule has 0 bridgehead atoms. The second-order valence-corrected chi connectivity index (χ2v) is 5.32. The molecule has 1 atom stereocenters. The lowest BCUT2D eigenvalue weighted by molar-refractivity contribution is -0.117. The summed E-state index contributed by atoms with van der Waals surface area (Å²) in [6, 6.07) is 4.05. The van der Waals surface area contributed by atoms with Crippen LogP contribution >= 0.6 is 0 Å². The van der Waals surface area contributed by atoms with Gasteiger partial charge >= 0.3 is 0 Å². The Labute approximate surface area is 102 Å². The van der Waals surface area contributed by atoms with E-state index in [2.05, 4.69) is 36.6 Å². The van der Waals surface area contributed by atoms with Gasteiger partial charge in [-0.15, -0.1) is 0 Å². The number of anilines is 1. The van der Waals surface area contributed by atoms with Crippen molar-refractivity contribution in [3.63, 3.8) is 0 Å². The fourth-order valence-corrected chi connectivity index (χ4v) is 2.60. The molecule has 0 aromatic heterocycles. The topological polar surface area (TPSA) is 41.1 Å². The Morgan fingerprint density at radius 3 is 2.82 bits per heavy atom. The maximum absolute atomic E-state index is 12.0. The quantitative estimate of drug-likeness (QED) is 0.836. The maximum atomic E-state index is 12.0. The van der Waals surface area contributed by atoms with Crippen LogP contribution in [0.4, 0.5) is 5.69 Å². The van der Waals surface area contributed by atoms with E-state index < -0.39 is 0 Å². The van der Waals surface area contributed by atoms with Crippen molar-refractivity contribution in [3.8, 4) is 0 Å². The van der Waals surface area contributed by atoms with Crippen LogP contribution in [-0.4, -0.2) is 12.5 Å². The van der Waals surface area contributed by atoms with Gasteiger partial charge in [-0.05, 0) is 56.3 Å². The van der Waals surface area contributed by atoms with Crippen molar-refractivity contribution in [3.05, 3.63) is 28.8 Å². The molecule has 3 heteroatoms. The molecule has 2 aliphatic rings. The number of hydrogen-bond donors (Lipinski definition) is 2. The van der Waals surface area contributed by atoms with Gasteiger partial charge in [0, 0.05) is 11.3 Å². The lowest BCUT2D eigenvalue weighted by Gasteiger charge is -2.13. The van der Waals surface area contributed by atoms with Crippen LogP contribution in [0.1, 0.15) is 35.6 Å². The van der Waals surface area contributed by atoms with E-state index in [-0.39, 0.29) is 11.9 Å². The number of fused-ring (bicyclic) bond motifs is 1. The summed E-state index contributed by atoms with van der Waals surface area (Å²) in [7, 11) is 0. The van der Waals surface area contributed by atoms with Crippen LogP contribution in [0.5, 0.6) is 0 Å². The summed E-state index contributed by atoms with van der Waals surface area (Å²) in [5, 5.41) is 6.37. The van der Waals surface area contributed by atoms with Gasteiger partial charge in [0.1, 0.15) is 6.04 Å². The van der Waals surface area contributed by atoms with E-state index in [1.54, 1.807) is 0 Å². The highest BCUT2D eigenvalue weighted by Crippen LogP contribution is 2.35. The largest absolute Gasteiger partial charge is 0.324 e. The number of rotatable bonds is 3. The molecule has 1 aliphatic carbocycles. The van der Waals surface area contributed by atoms with Gasteiger partial charge in [-0.3, -0.25) is 4.79 Å².